The van der Waals surface area contributed by atoms with Crippen LogP contribution in [0.1, 0.15) is 44.9 Å². The fourth-order valence-electron chi connectivity index (χ4n) is 2.16. The van der Waals surface area contributed by atoms with Crippen molar-refractivity contribution in [3.05, 3.63) is 0 Å². The predicted molar refractivity (Wildman–Crippen MR) is 55.8 cm³/mol. The number of hydrogen-bond acceptors (Lipinski definition) is 3. The Hall–Kier alpha value is -0.570. The highest BCUT2D eigenvalue weighted by molar-refractivity contribution is 5.75. The lowest BCUT2D eigenvalue weighted by atomic mass is 9.85. The summed E-state index contributed by atoms with van der Waals surface area (Å²) in [6.07, 6.45) is 8.55. The molecule has 1 unspecified atom stereocenters. The molecule has 0 spiro atoms. The minimum atomic E-state index is -0.415. The number of rotatable bonds is 4. The maximum Gasteiger partial charge on any atom is 0.322 e. The number of hydrogen-bond donors (Lipinski definition) is 1. The monoisotopic (exact) mass is 199 g/mol. The second-order valence-electron chi connectivity index (χ2n) is 4.21. The summed E-state index contributed by atoms with van der Waals surface area (Å²) in [5, 5.41) is 0. The van der Waals surface area contributed by atoms with Gasteiger partial charge in [0.2, 0.25) is 0 Å². The zero-order chi connectivity index (χ0) is 10.4. The van der Waals surface area contributed by atoms with Gasteiger partial charge in [-0.05, 0) is 18.8 Å². The van der Waals surface area contributed by atoms with Gasteiger partial charge < -0.3 is 10.5 Å². The number of esters is 1. The SMILES string of the molecule is COC(=O)C(N)CCC1CCCCC1. The molecule has 2 N–H and O–H groups in total. The Morgan fingerprint density at radius 3 is 2.64 bits per heavy atom. The van der Waals surface area contributed by atoms with E-state index < -0.39 is 6.04 Å². The first-order valence-electron chi connectivity index (χ1n) is 5.57. The summed E-state index contributed by atoms with van der Waals surface area (Å²) in [5.74, 6) is 0.514. The Balaban J connectivity index is 2.15. The second kappa shape index (κ2) is 6.02. The first kappa shape index (κ1) is 11.5. The summed E-state index contributed by atoms with van der Waals surface area (Å²) in [5.41, 5.74) is 5.67. The fraction of sp³-hybridized carbons (Fsp3) is 0.909. The molecule has 1 aliphatic rings. The van der Waals surface area contributed by atoms with Crippen LogP contribution in [0.3, 0.4) is 0 Å². The molecule has 1 atom stereocenters. The van der Waals surface area contributed by atoms with Gasteiger partial charge in [-0.25, -0.2) is 0 Å². The number of ether oxygens (including phenoxy) is 1. The van der Waals surface area contributed by atoms with Crippen molar-refractivity contribution in [2.75, 3.05) is 7.11 Å². The first-order valence-corrected chi connectivity index (χ1v) is 5.57. The lowest BCUT2D eigenvalue weighted by Gasteiger charge is -2.22. The molecule has 82 valence electrons. The van der Waals surface area contributed by atoms with Crippen molar-refractivity contribution in [1.29, 1.82) is 0 Å². The standard InChI is InChI=1S/C11H21NO2/c1-14-11(13)10(12)8-7-9-5-3-2-4-6-9/h9-10H,2-8,12H2,1H3. The van der Waals surface area contributed by atoms with Gasteiger partial charge in [-0.3, -0.25) is 4.79 Å². The van der Waals surface area contributed by atoms with E-state index in [0.717, 1.165) is 18.8 Å². The quantitative estimate of drug-likeness (QED) is 0.703. The highest BCUT2D eigenvalue weighted by atomic mass is 16.5. The second-order valence-corrected chi connectivity index (χ2v) is 4.21. The number of methoxy groups -OCH3 is 1. The molecule has 3 heteroatoms. The van der Waals surface area contributed by atoms with Crippen LogP contribution in [-0.4, -0.2) is 19.1 Å². The minimum absolute atomic E-state index is 0.277. The van der Waals surface area contributed by atoms with E-state index in [1.54, 1.807) is 0 Å². The largest absolute Gasteiger partial charge is 0.468 e. The van der Waals surface area contributed by atoms with E-state index >= 15 is 0 Å². The van der Waals surface area contributed by atoms with Crippen LogP contribution in [0.4, 0.5) is 0 Å². The molecule has 1 saturated carbocycles. The van der Waals surface area contributed by atoms with Crippen molar-refractivity contribution in [3.63, 3.8) is 0 Å². The average Bonchev–Trinajstić information content (AvgIpc) is 2.26. The zero-order valence-electron chi connectivity index (χ0n) is 9.00. The molecule has 0 aromatic rings. The molecule has 1 aliphatic carbocycles. The van der Waals surface area contributed by atoms with E-state index in [1.807, 2.05) is 0 Å². The normalized spacial score (nSPS) is 20.4. The van der Waals surface area contributed by atoms with Crippen LogP contribution in [0.5, 0.6) is 0 Å². The Morgan fingerprint density at radius 1 is 1.43 bits per heavy atom. The third-order valence-corrected chi connectivity index (χ3v) is 3.11. The summed E-state index contributed by atoms with van der Waals surface area (Å²) in [4.78, 5) is 11.0. The van der Waals surface area contributed by atoms with Crippen LogP contribution in [0.15, 0.2) is 0 Å². The van der Waals surface area contributed by atoms with Gasteiger partial charge >= 0.3 is 5.97 Å². The highest BCUT2D eigenvalue weighted by Gasteiger charge is 2.18. The van der Waals surface area contributed by atoms with E-state index in [2.05, 4.69) is 4.74 Å². The Morgan fingerprint density at radius 2 is 2.07 bits per heavy atom. The molecule has 0 heterocycles. The van der Waals surface area contributed by atoms with Crippen LogP contribution >= 0.6 is 0 Å². The summed E-state index contributed by atoms with van der Waals surface area (Å²) >= 11 is 0. The first-order chi connectivity index (χ1) is 6.74. The van der Waals surface area contributed by atoms with E-state index in [-0.39, 0.29) is 5.97 Å². The van der Waals surface area contributed by atoms with Crippen molar-refractivity contribution >= 4 is 5.97 Å². The molecule has 1 rings (SSSR count). The number of carbonyl (C=O) groups excluding carboxylic acids is 1. The van der Waals surface area contributed by atoms with Crippen molar-refractivity contribution < 1.29 is 9.53 Å². The van der Waals surface area contributed by atoms with E-state index in [0.29, 0.717) is 0 Å². The van der Waals surface area contributed by atoms with Gasteiger partial charge in [-0.1, -0.05) is 32.1 Å². The van der Waals surface area contributed by atoms with Gasteiger partial charge in [0, 0.05) is 0 Å². The molecule has 1 fully saturated rings. The fourth-order valence-corrected chi connectivity index (χ4v) is 2.16. The third kappa shape index (κ3) is 3.66. The van der Waals surface area contributed by atoms with Crippen molar-refractivity contribution in [3.8, 4) is 0 Å². The van der Waals surface area contributed by atoms with Gasteiger partial charge in [0.1, 0.15) is 6.04 Å². The van der Waals surface area contributed by atoms with Gasteiger partial charge in [-0.15, -0.1) is 0 Å². The van der Waals surface area contributed by atoms with E-state index in [1.165, 1.54) is 39.2 Å². The molecule has 0 saturated heterocycles. The van der Waals surface area contributed by atoms with Crippen LogP contribution in [0.25, 0.3) is 0 Å². The van der Waals surface area contributed by atoms with Gasteiger partial charge in [0.05, 0.1) is 7.11 Å². The average molecular weight is 199 g/mol. The highest BCUT2D eigenvalue weighted by Crippen LogP contribution is 2.27. The molecular weight excluding hydrogens is 178 g/mol. The Kier molecular flexibility index (Phi) is 4.94. The molecule has 0 bridgehead atoms. The van der Waals surface area contributed by atoms with Crippen molar-refractivity contribution in [2.24, 2.45) is 11.7 Å². The summed E-state index contributed by atoms with van der Waals surface area (Å²) in [6, 6.07) is -0.415. The van der Waals surface area contributed by atoms with Crippen LogP contribution in [0.2, 0.25) is 0 Å². The molecule has 0 aromatic heterocycles. The lowest BCUT2D eigenvalue weighted by Crippen LogP contribution is -2.32. The molecule has 0 amide bonds. The van der Waals surface area contributed by atoms with Gasteiger partial charge in [0.15, 0.2) is 0 Å². The maximum atomic E-state index is 11.0. The summed E-state index contributed by atoms with van der Waals surface area (Å²) in [6.45, 7) is 0. The summed E-state index contributed by atoms with van der Waals surface area (Å²) < 4.78 is 4.59. The van der Waals surface area contributed by atoms with E-state index in [9.17, 15) is 4.79 Å². The van der Waals surface area contributed by atoms with Crippen LogP contribution < -0.4 is 5.73 Å². The topological polar surface area (TPSA) is 52.3 Å². The van der Waals surface area contributed by atoms with Crippen LogP contribution in [-0.2, 0) is 9.53 Å². The molecule has 14 heavy (non-hydrogen) atoms. The van der Waals surface area contributed by atoms with Gasteiger partial charge in [0.25, 0.3) is 0 Å². The molecule has 0 radical (unpaired) electrons. The Labute approximate surface area is 86.0 Å². The smallest absolute Gasteiger partial charge is 0.322 e. The van der Waals surface area contributed by atoms with E-state index in [4.69, 9.17) is 5.73 Å². The molecule has 0 aromatic carbocycles. The number of carbonyl (C=O) groups is 1. The Bertz CT molecular complexity index is 176. The predicted octanol–water partition coefficient (Wildman–Crippen LogP) is 1.85. The van der Waals surface area contributed by atoms with Crippen molar-refractivity contribution in [2.45, 2.75) is 51.0 Å². The van der Waals surface area contributed by atoms with Gasteiger partial charge in [-0.2, -0.15) is 0 Å². The van der Waals surface area contributed by atoms with Crippen molar-refractivity contribution in [1.82, 2.24) is 0 Å². The minimum Gasteiger partial charge on any atom is -0.468 e. The zero-order valence-corrected chi connectivity index (χ0v) is 9.00. The third-order valence-electron chi connectivity index (χ3n) is 3.11. The number of nitrogens with two attached hydrogens (primary N) is 1. The maximum absolute atomic E-state index is 11.0. The van der Waals surface area contributed by atoms with Crippen LogP contribution in [0, 0.1) is 5.92 Å². The lowest BCUT2D eigenvalue weighted by molar-refractivity contribution is -0.142. The molecule has 0 aliphatic heterocycles. The molecule has 3 nitrogen and oxygen atoms in total. The molecular formula is C11H21NO2. The summed E-state index contributed by atoms with van der Waals surface area (Å²) in [7, 11) is 1.39.